The van der Waals surface area contributed by atoms with Crippen LogP contribution in [-0.4, -0.2) is 51.0 Å². The van der Waals surface area contributed by atoms with E-state index in [0.29, 0.717) is 13.0 Å². The number of hydrogen-bond donors (Lipinski definition) is 2. The molecule has 0 unspecified atom stereocenters. The molecule has 2 N–H and O–H groups in total. The van der Waals surface area contributed by atoms with Gasteiger partial charge in [0.2, 0.25) is 5.91 Å². The number of benzene rings is 1. The minimum atomic E-state index is 0. The van der Waals surface area contributed by atoms with Crippen LogP contribution in [0, 0.1) is 0 Å². The predicted molar refractivity (Wildman–Crippen MR) is 105 cm³/mol. The third kappa shape index (κ3) is 5.67. The lowest BCUT2D eigenvalue weighted by Gasteiger charge is -2.19. The summed E-state index contributed by atoms with van der Waals surface area (Å²) in [5.74, 6) is 0.875. The molecule has 5 nitrogen and oxygen atoms in total. The van der Waals surface area contributed by atoms with Crippen molar-refractivity contribution in [3.63, 3.8) is 0 Å². The highest BCUT2D eigenvalue weighted by Gasteiger charge is 2.43. The molecule has 0 bridgehead atoms. The molecule has 0 heterocycles. The lowest BCUT2D eigenvalue weighted by Crippen LogP contribution is -2.42. The van der Waals surface area contributed by atoms with Gasteiger partial charge in [-0.25, -0.2) is 0 Å². The van der Waals surface area contributed by atoms with Crippen LogP contribution < -0.4 is 10.6 Å². The third-order valence-electron chi connectivity index (χ3n) is 4.19. The summed E-state index contributed by atoms with van der Waals surface area (Å²) in [5, 5.41) is 6.59. The van der Waals surface area contributed by atoms with Crippen LogP contribution in [0.15, 0.2) is 35.3 Å². The van der Waals surface area contributed by atoms with Crippen LogP contribution >= 0.6 is 24.0 Å². The fourth-order valence-electron chi connectivity index (χ4n) is 2.50. The van der Waals surface area contributed by atoms with Crippen molar-refractivity contribution in [1.82, 2.24) is 15.5 Å². The number of hydrogen-bond acceptors (Lipinski definition) is 2. The summed E-state index contributed by atoms with van der Waals surface area (Å²) < 4.78 is 0. The average molecular weight is 430 g/mol. The zero-order chi connectivity index (χ0) is 16.0. The Kier molecular flexibility index (Phi) is 7.81. The number of nitrogens with one attached hydrogen (secondary N) is 2. The SMILES string of the molecule is CN=C(NCCC(=O)N(C)C)NCC1(c2ccccc2)CC1.I. The van der Waals surface area contributed by atoms with E-state index in [1.807, 2.05) is 0 Å². The molecule has 6 heteroatoms. The van der Waals surface area contributed by atoms with E-state index in [1.165, 1.54) is 18.4 Å². The number of aliphatic imine (C=N–C) groups is 1. The maximum absolute atomic E-state index is 11.6. The molecule has 2 rings (SSSR count). The van der Waals surface area contributed by atoms with Gasteiger partial charge in [-0.05, 0) is 18.4 Å². The molecule has 0 atom stereocenters. The number of amides is 1. The molecule has 0 saturated heterocycles. The minimum Gasteiger partial charge on any atom is -0.356 e. The Labute approximate surface area is 156 Å². The van der Waals surface area contributed by atoms with Gasteiger partial charge in [-0.1, -0.05) is 30.3 Å². The number of halogens is 1. The normalized spacial score (nSPS) is 15.3. The first-order valence-electron chi connectivity index (χ1n) is 7.77. The molecule has 1 saturated carbocycles. The van der Waals surface area contributed by atoms with Crippen molar-refractivity contribution < 1.29 is 4.79 Å². The van der Waals surface area contributed by atoms with Crippen molar-refractivity contribution in [2.75, 3.05) is 34.2 Å². The molecule has 128 valence electrons. The lowest BCUT2D eigenvalue weighted by molar-refractivity contribution is -0.128. The smallest absolute Gasteiger partial charge is 0.223 e. The second-order valence-electron chi connectivity index (χ2n) is 6.04. The first-order chi connectivity index (χ1) is 10.6. The minimum absolute atomic E-state index is 0. The van der Waals surface area contributed by atoms with Crippen molar-refractivity contribution in [3.05, 3.63) is 35.9 Å². The van der Waals surface area contributed by atoms with Crippen LogP contribution in [0.2, 0.25) is 0 Å². The van der Waals surface area contributed by atoms with Gasteiger partial charge in [0.05, 0.1) is 0 Å². The van der Waals surface area contributed by atoms with Crippen molar-refractivity contribution in [2.45, 2.75) is 24.7 Å². The van der Waals surface area contributed by atoms with Gasteiger partial charge < -0.3 is 15.5 Å². The molecule has 1 aliphatic rings. The highest BCUT2D eigenvalue weighted by atomic mass is 127. The summed E-state index contributed by atoms with van der Waals surface area (Å²) in [6, 6.07) is 10.6. The van der Waals surface area contributed by atoms with Crippen LogP contribution in [0.5, 0.6) is 0 Å². The molecular weight excluding hydrogens is 403 g/mol. The van der Waals surface area contributed by atoms with Crippen LogP contribution in [0.1, 0.15) is 24.8 Å². The molecular formula is C17H27IN4O. The highest BCUT2D eigenvalue weighted by Crippen LogP contribution is 2.47. The number of carbonyl (C=O) groups is 1. The quantitative estimate of drug-likeness (QED) is 0.412. The second-order valence-corrected chi connectivity index (χ2v) is 6.04. The largest absolute Gasteiger partial charge is 0.356 e. The third-order valence-corrected chi connectivity index (χ3v) is 4.19. The van der Waals surface area contributed by atoms with E-state index in [2.05, 4.69) is 46.0 Å². The first-order valence-corrected chi connectivity index (χ1v) is 7.77. The Bertz CT molecular complexity index is 527. The Balaban J connectivity index is 0.00000264. The first kappa shape index (κ1) is 19.7. The molecule has 0 aliphatic heterocycles. The van der Waals surface area contributed by atoms with Gasteiger partial charge in [-0.15, -0.1) is 24.0 Å². The van der Waals surface area contributed by atoms with E-state index in [9.17, 15) is 4.79 Å². The molecule has 0 radical (unpaired) electrons. The Hall–Kier alpha value is -1.31. The summed E-state index contributed by atoms with van der Waals surface area (Å²) in [7, 11) is 5.30. The molecule has 1 aromatic rings. The van der Waals surface area contributed by atoms with Crippen molar-refractivity contribution in [1.29, 1.82) is 0 Å². The molecule has 0 spiro atoms. The zero-order valence-electron chi connectivity index (χ0n) is 14.1. The van der Waals surface area contributed by atoms with Gasteiger partial charge in [0, 0.05) is 46.1 Å². The van der Waals surface area contributed by atoms with E-state index in [-0.39, 0.29) is 35.3 Å². The molecule has 1 aliphatic carbocycles. The fraction of sp³-hybridized carbons (Fsp3) is 0.529. The number of guanidine groups is 1. The second kappa shape index (κ2) is 9.10. The maximum Gasteiger partial charge on any atom is 0.223 e. The van der Waals surface area contributed by atoms with E-state index >= 15 is 0 Å². The molecule has 23 heavy (non-hydrogen) atoms. The monoisotopic (exact) mass is 430 g/mol. The topological polar surface area (TPSA) is 56.7 Å². The van der Waals surface area contributed by atoms with Crippen LogP contribution in [0.4, 0.5) is 0 Å². The van der Waals surface area contributed by atoms with Gasteiger partial charge in [-0.3, -0.25) is 9.79 Å². The number of carbonyl (C=O) groups excluding carboxylic acids is 1. The van der Waals surface area contributed by atoms with Gasteiger partial charge in [0.25, 0.3) is 0 Å². The van der Waals surface area contributed by atoms with E-state index in [1.54, 1.807) is 26.0 Å². The van der Waals surface area contributed by atoms with Gasteiger partial charge >= 0.3 is 0 Å². The van der Waals surface area contributed by atoms with Crippen LogP contribution in [0.25, 0.3) is 0 Å². The Morgan fingerprint density at radius 3 is 2.39 bits per heavy atom. The predicted octanol–water partition coefficient (Wildman–Crippen LogP) is 1.98. The summed E-state index contributed by atoms with van der Waals surface area (Å²) in [5.41, 5.74) is 1.64. The summed E-state index contributed by atoms with van der Waals surface area (Å²) in [4.78, 5) is 17.4. The van der Waals surface area contributed by atoms with Crippen molar-refractivity contribution in [2.24, 2.45) is 4.99 Å². The highest BCUT2D eigenvalue weighted by molar-refractivity contribution is 14.0. The molecule has 1 aromatic carbocycles. The lowest BCUT2D eigenvalue weighted by atomic mass is 9.96. The Morgan fingerprint density at radius 2 is 1.87 bits per heavy atom. The van der Waals surface area contributed by atoms with E-state index < -0.39 is 0 Å². The van der Waals surface area contributed by atoms with Gasteiger partial charge in [0.1, 0.15) is 0 Å². The average Bonchev–Trinajstić information content (AvgIpc) is 3.32. The van der Waals surface area contributed by atoms with E-state index in [4.69, 9.17) is 0 Å². The zero-order valence-corrected chi connectivity index (χ0v) is 16.5. The van der Waals surface area contributed by atoms with Crippen molar-refractivity contribution >= 4 is 35.8 Å². The summed E-state index contributed by atoms with van der Waals surface area (Å²) >= 11 is 0. The molecule has 1 fully saturated rings. The van der Waals surface area contributed by atoms with Crippen LogP contribution in [0.3, 0.4) is 0 Å². The standard InChI is InChI=1S/C17H26N4O.HI/c1-18-16(19-12-9-15(22)21(2)3)20-13-17(10-11-17)14-7-5-4-6-8-14;/h4-8H,9-13H2,1-3H3,(H2,18,19,20);1H. The van der Waals surface area contributed by atoms with E-state index in [0.717, 1.165) is 12.5 Å². The molecule has 0 aromatic heterocycles. The number of nitrogens with zero attached hydrogens (tertiary/aromatic N) is 2. The Morgan fingerprint density at radius 1 is 1.22 bits per heavy atom. The van der Waals surface area contributed by atoms with Gasteiger partial charge in [-0.2, -0.15) is 0 Å². The maximum atomic E-state index is 11.6. The van der Waals surface area contributed by atoms with Crippen LogP contribution in [-0.2, 0) is 10.2 Å². The van der Waals surface area contributed by atoms with Gasteiger partial charge in [0.15, 0.2) is 5.96 Å². The fourth-order valence-corrected chi connectivity index (χ4v) is 2.50. The summed E-state index contributed by atoms with van der Waals surface area (Å²) in [6.45, 7) is 1.47. The summed E-state index contributed by atoms with van der Waals surface area (Å²) in [6.07, 6.45) is 2.89. The number of rotatable bonds is 6. The molecule has 1 amide bonds. The van der Waals surface area contributed by atoms with Crippen molar-refractivity contribution in [3.8, 4) is 0 Å².